The van der Waals surface area contributed by atoms with Crippen LogP contribution in [0, 0.1) is 11.8 Å². The summed E-state index contributed by atoms with van der Waals surface area (Å²) in [6, 6.07) is 0. The molecule has 1 aromatic heterocycles. The summed E-state index contributed by atoms with van der Waals surface area (Å²) in [6.45, 7) is 3.26. The third-order valence-electron chi connectivity index (χ3n) is 3.83. The molecule has 0 atom stereocenters. The topological polar surface area (TPSA) is 72.7 Å². The van der Waals surface area contributed by atoms with E-state index >= 15 is 0 Å². The lowest BCUT2D eigenvalue weighted by atomic mass is 9.81. The van der Waals surface area contributed by atoms with E-state index in [0.717, 1.165) is 12.5 Å². The average Bonchev–Trinajstić information content (AvgIpc) is 2.90. The number of hydrogen-bond acceptors (Lipinski definition) is 4. The Morgan fingerprint density at radius 3 is 2.67 bits per heavy atom. The van der Waals surface area contributed by atoms with Gasteiger partial charge in [-0.05, 0) is 35.1 Å². The number of carbonyl (C=O) groups is 1. The summed E-state index contributed by atoms with van der Waals surface area (Å²) in [5.74, 6) is 1.53. The maximum Gasteiger partial charge on any atom is 0.241 e. The predicted octanol–water partition coefficient (Wildman–Crippen LogP) is 1.01. The van der Waals surface area contributed by atoms with Crippen molar-refractivity contribution in [3.8, 4) is 0 Å². The summed E-state index contributed by atoms with van der Waals surface area (Å²) in [5, 5.41) is 13.6. The molecule has 18 heavy (non-hydrogen) atoms. The minimum atomic E-state index is -0.0140. The van der Waals surface area contributed by atoms with Crippen molar-refractivity contribution in [3.63, 3.8) is 0 Å². The van der Waals surface area contributed by atoms with Gasteiger partial charge < -0.3 is 5.32 Å². The molecule has 1 aromatic rings. The molecule has 0 saturated heterocycles. The zero-order chi connectivity index (χ0) is 12.8. The van der Waals surface area contributed by atoms with Gasteiger partial charge >= 0.3 is 0 Å². The number of carbonyl (C=O) groups excluding carboxylic acids is 1. The molecule has 1 aliphatic carbocycles. The van der Waals surface area contributed by atoms with Crippen molar-refractivity contribution in [1.82, 2.24) is 25.5 Å². The van der Waals surface area contributed by atoms with Gasteiger partial charge in [-0.2, -0.15) is 0 Å². The Bertz CT molecular complexity index is 357. The van der Waals surface area contributed by atoms with E-state index < -0.39 is 0 Å². The molecule has 1 heterocycles. The third kappa shape index (κ3) is 3.78. The van der Waals surface area contributed by atoms with E-state index in [1.54, 1.807) is 0 Å². The molecule has 1 N–H and O–H groups in total. The van der Waals surface area contributed by atoms with Crippen LogP contribution in [0.1, 0.15) is 39.0 Å². The van der Waals surface area contributed by atoms with E-state index in [9.17, 15) is 4.79 Å². The highest BCUT2D eigenvalue weighted by Crippen LogP contribution is 2.29. The molecule has 0 radical (unpaired) electrons. The van der Waals surface area contributed by atoms with Crippen LogP contribution in [0.4, 0.5) is 0 Å². The van der Waals surface area contributed by atoms with Crippen LogP contribution in [0.5, 0.6) is 0 Å². The van der Waals surface area contributed by atoms with Crippen LogP contribution in [-0.2, 0) is 11.3 Å². The smallest absolute Gasteiger partial charge is 0.241 e. The summed E-state index contributed by atoms with van der Waals surface area (Å²) in [5.41, 5.74) is 0. The highest BCUT2D eigenvalue weighted by Gasteiger charge is 2.20. The van der Waals surface area contributed by atoms with Crippen molar-refractivity contribution >= 4 is 5.91 Å². The van der Waals surface area contributed by atoms with Crippen molar-refractivity contribution in [2.75, 3.05) is 6.54 Å². The van der Waals surface area contributed by atoms with Gasteiger partial charge in [-0.25, -0.2) is 4.68 Å². The van der Waals surface area contributed by atoms with Crippen LogP contribution in [0.3, 0.4) is 0 Å². The summed E-state index contributed by atoms with van der Waals surface area (Å²) in [6.07, 6.45) is 7.84. The van der Waals surface area contributed by atoms with E-state index in [1.807, 2.05) is 0 Å². The van der Waals surface area contributed by atoms with Crippen LogP contribution in [0.2, 0.25) is 0 Å². The molecule has 2 rings (SSSR count). The molecule has 1 amide bonds. The Balaban J connectivity index is 1.64. The lowest BCUT2D eigenvalue weighted by molar-refractivity contribution is -0.122. The maximum atomic E-state index is 11.6. The zero-order valence-corrected chi connectivity index (χ0v) is 10.9. The molecule has 0 aromatic carbocycles. The average molecular weight is 251 g/mol. The van der Waals surface area contributed by atoms with E-state index in [2.05, 4.69) is 27.8 Å². The van der Waals surface area contributed by atoms with E-state index in [-0.39, 0.29) is 12.5 Å². The van der Waals surface area contributed by atoms with Gasteiger partial charge in [-0.3, -0.25) is 4.79 Å². The number of tetrazole rings is 1. The van der Waals surface area contributed by atoms with Crippen LogP contribution >= 0.6 is 0 Å². The predicted molar refractivity (Wildman–Crippen MR) is 66.6 cm³/mol. The fourth-order valence-corrected chi connectivity index (χ4v) is 2.56. The van der Waals surface area contributed by atoms with Crippen LogP contribution in [-0.4, -0.2) is 32.7 Å². The largest absolute Gasteiger partial charge is 0.354 e. The van der Waals surface area contributed by atoms with Gasteiger partial charge in [0.1, 0.15) is 12.9 Å². The van der Waals surface area contributed by atoms with E-state index in [0.29, 0.717) is 5.92 Å². The second kappa shape index (κ2) is 6.47. The number of nitrogens with one attached hydrogen (secondary N) is 1. The number of amides is 1. The molecule has 1 fully saturated rings. The minimum absolute atomic E-state index is 0.0140. The summed E-state index contributed by atoms with van der Waals surface area (Å²) < 4.78 is 1.43. The number of rotatable bonds is 5. The summed E-state index contributed by atoms with van der Waals surface area (Å²) >= 11 is 0. The van der Waals surface area contributed by atoms with Crippen LogP contribution < -0.4 is 5.32 Å². The molecule has 1 aliphatic rings. The first-order valence-electron chi connectivity index (χ1n) is 6.75. The van der Waals surface area contributed by atoms with Crippen molar-refractivity contribution in [2.45, 2.75) is 45.6 Å². The van der Waals surface area contributed by atoms with Crippen molar-refractivity contribution < 1.29 is 4.79 Å². The second-order valence-electron chi connectivity index (χ2n) is 5.11. The highest BCUT2D eigenvalue weighted by atomic mass is 16.2. The molecule has 6 heteroatoms. The number of aromatic nitrogens is 4. The second-order valence-corrected chi connectivity index (χ2v) is 5.11. The van der Waals surface area contributed by atoms with Crippen molar-refractivity contribution in [1.29, 1.82) is 0 Å². The Morgan fingerprint density at radius 2 is 2.06 bits per heavy atom. The van der Waals surface area contributed by atoms with Crippen LogP contribution in [0.25, 0.3) is 0 Å². The molecule has 0 unspecified atom stereocenters. The number of hydrogen-bond donors (Lipinski definition) is 1. The first kappa shape index (κ1) is 13.0. The Morgan fingerprint density at radius 1 is 1.33 bits per heavy atom. The van der Waals surface area contributed by atoms with Crippen LogP contribution in [0.15, 0.2) is 6.33 Å². The highest BCUT2D eigenvalue weighted by molar-refractivity contribution is 5.75. The minimum Gasteiger partial charge on any atom is -0.354 e. The Hall–Kier alpha value is -1.46. The third-order valence-corrected chi connectivity index (χ3v) is 3.83. The Kier molecular flexibility index (Phi) is 4.66. The fourth-order valence-electron chi connectivity index (χ4n) is 2.56. The number of nitrogens with zero attached hydrogens (tertiary/aromatic N) is 4. The summed E-state index contributed by atoms with van der Waals surface area (Å²) in [4.78, 5) is 11.6. The lowest BCUT2D eigenvalue weighted by Crippen LogP contribution is -2.33. The SMILES string of the molecule is CCC1CCC(CNC(=O)Cn2cnnn2)CC1. The van der Waals surface area contributed by atoms with Gasteiger partial charge in [0.2, 0.25) is 5.91 Å². The van der Waals surface area contributed by atoms with E-state index in [1.165, 1.54) is 43.1 Å². The normalized spacial score (nSPS) is 23.8. The van der Waals surface area contributed by atoms with Gasteiger partial charge in [0.25, 0.3) is 0 Å². The molecule has 1 saturated carbocycles. The molecule has 0 aliphatic heterocycles. The molecule has 6 nitrogen and oxygen atoms in total. The standard InChI is InChI=1S/C12H21N5O/c1-2-10-3-5-11(6-4-10)7-13-12(18)8-17-9-14-15-16-17/h9-11H,2-8H2,1H3,(H,13,18). The zero-order valence-electron chi connectivity index (χ0n) is 10.9. The molecule has 0 spiro atoms. The summed E-state index contributed by atoms with van der Waals surface area (Å²) in [7, 11) is 0. The monoisotopic (exact) mass is 251 g/mol. The first-order chi connectivity index (χ1) is 8.78. The Labute approximate surface area is 107 Å². The quantitative estimate of drug-likeness (QED) is 0.847. The fraction of sp³-hybridized carbons (Fsp3) is 0.833. The van der Waals surface area contributed by atoms with Gasteiger partial charge in [0.05, 0.1) is 0 Å². The van der Waals surface area contributed by atoms with Gasteiger partial charge in [-0.1, -0.05) is 26.2 Å². The molecular weight excluding hydrogens is 230 g/mol. The molecule has 100 valence electrons. The lowest BCUT2D eigenvalue weighted by Gasteiger charge is -2.27. The van der Waals surface area contributed by atoms with E-state index in [4.69, 9.17) is 0 Å². The van der Waals surface area contributed by atoms with Crippen molar-refractivity contribution in [3.05, 3.63) is 6.33 Å². The van der Waals surface area contributed by atoms with Gasteiger partial charge in [0.15, 0.2) is 0 Å². The molecular formula is C12H21N5O. The van der Waals surface area contributed by atoms with Crippen molar-refractivity contribution in [2.24, 2.45) is 11.8 Å². The first-order valence-corrected chi connectivity index (χ1v) is 6.75. The maximum absolute atomic E-state index is 11.6. The van der Waals surface area contributed by atoms with Gasteiger partial charge in [0, 0.05) is 6.54 Å². The van der Waals surface area contributed by atoms with Gasteiger partial charge in [-0.15, -0.1) is 5.10 Å². The molecule has 0 bridgehead atoms.